The van der Waals surface area contributed by atoms with Gasteiger partial charge in [-0.1, -0.05) is 29.8 Å². The van der Waals surface area contributed by atoms with E-state index in [9.17, 15) is 14.0 Å². The van der Waals surface area contributed by atoms with Crippen molar-refractivity contribution in [3.8, 4) is 5.75 Å². The lowest BCUT2D eigenvalue weighted by Gasteiger charge is -2.11. The van der Waals surface area contributed by atoms with Crippen LogP contribution < -0.4 is 15.9 Å². The van der Waals surface area contributed by atoms with E-state index < -0.39 is 16.9 Å². The molecular formula is C19H16ClFN2O3. The number of hydrogen-bond donors (Lipinski definition) is 0. The van der Waals surface area contributed by atoms with E-state index >= 15 is 0 Å². The molecular weight excluding hydrogens is 359 g/mol. The highest BCUT2D eigenvalue weighted by atomic mass is 35.5. The van der Waals surface area contributed by atoms with Crippen molar-refractivity contribution < 1.29 is 9.13 Å². The predicted octanol–water partition coefficient (Wildman–Crippen LogP) is 2.91. The minimum Gasteiger partial charge on any atom is -0.497 e. The Labute approximate surface area is 153 Å². The van der Waals surface area contributed by atoms with Crippen molar-refractivity contribution >= 4 is 11.6 Å². The Morgan fingerprint density at radius 1 is 0.962 bits per heavy atom. The summed E-state index contributed by atoms with van der Waals surface area (Å²) in [6.07, 6.45) is 2.96. The Bertz CT molecular complexity index is 1020. The molecule has 0 aliphatic rings. The molecule has 0 saturated heterocycles. The van der Waals surface area contributed by atoms with Crippen LogP contribution in [-0.2, 0) is 13.1 Å². The van der Waals surface area contributed by atoms with Crippen molar-refractivity contribution in [3.05, 3.63) is 97.5 Å². The molecule has 0 aliphatic heterocycles. The average molecular weight is 375 g/mol. The number of nitrogens with zero attached hydrogens (tertiary/aromatic N) is 2. The van der Waals surface area contributed by atoms with Crippen LogP contribution in [0, 0.1) is 5.82 Å². The van der Waals surface area contributed by atoms with Gasteiger partial charge in [0.15, 0.2) is 0 Å². The summed E-state index contributed by atoms with van der Waals surface area (Å²) in [5.74, 6) is 0.185. The first-order valence-electron chi connectivity index (χ1n) is 7.85. The zero-order valence-corrected chi connectivity index (χ0v) is 14.7. The molecule has 0 fully saturated rings. The highest BCUT2D eigenvalue weighted by Gasteiger charge is 2.11. The molecule has 0 unspecified atom stereocenters. The molecule has 2 aromatic carbocycles. The van der Waals surface area contributed by atoms with E-state index in [1.54, 1.807) is 19.2 Å². The lowest BCUT2D eigenvalue weighted by Crippen LogP contribution is -2.41. The van der Waals surface area contributed by atoms with Gasteiger partial charge in [-0.15, -0.1) is 0 Å². The topological polar surface area (TPSA) is 53.2 Å². The second-order valence-electron chi connectivity index (χ2n) is 5.71. The Morgan fingerprint density at radius 2 is 1.58 bits per heavy atom. The summed E-state index contributed by atoms with van der Waals surface area (Å²) in [4.78, 5) is 24.7. The molecule has 0 amide bonds. The van der Waals surface area contributed by atoms with Gasteiger partial charge in [0, 0.05) is 23.0 Å². The maximum Gasteiger partial charge on any atom is 0.316 e. The first kappa shape index (κ1) is 17.9. The second-order valence-corrected chi connectivity index (χ2v) is 6.12. The van der Waals surface area contributed by atoms with Gasteiger partial charge in [0.2, 0.25) is 0 Å². The molecule has 0 aliphatic carbocycles. The predicted molar refractivity (Wildman–Crippen MR) is 97.6 cm³/mol. The van der Waals surface area contributed by atoms with Gasteiger partial charge < -0.3 is 13.9 Å². The Kier molecular flexibility index (Phi) is 5.23. The van der Waals surface area contributed by atoms with Gasteiger partial charge in [0.05, 0.1) is 20.2 Å². The fourth-order valence-electron chi connectivity index (χ4n) is 2.57. The van der Waals surface area contributed by atoms with Crippen LogP contribution in [0.4, 0.5) is 4.39 Å². The molecule has 3 aromatic rings. The van der Waals surface area contributed by atoms with Crippen LogP contribution in [0.2, 0.25) is 5.02 Å². The number of halogens is 2. The molecule has 0 atom stereocenters. The van der Waals surface area contributed by atoms with E-state index in [2.05, 4.69) is 0 Å². The number of methoxy groups -OCH3 is 1. The summed E-state index contributed by atoms with van der Waals surface area (Å²) in [7, 11) is 1.57. The van der Waals surface area contributed by atoms with Gasteiger partial charge in [-0.3, -0.25) is 9.59 Å². The summed E-state index contributed by atoms with van der Waals surface area (Å²) in [5.41, 5.74) is -0.401. The van der Waals surface area contributed by atoms with Crippen LogP contribution in [0.3, 0.4) is 0 Å². The maximum atomic E-state index is 13.9. The van der Waals surface area contributed by atoms with E-state index in [0.717, 1.165) is 10.1 Å². The molecule has 1 aromatic heterocycles. The Balaban J connectivity index is 1.89. The van der Waals surface area contributed by atoms with Crippen LogP contribution in [0.1, 0.15) is 11.1 Å². The normalized spacial score (nSPS) is 10.7. The van der Waals surface area contributed by atoms with Gasteiger partial charge in [-0.05, 0) is 29.8 Å². The number of ether oxygens (including phenoxy) is 1. The molecule has 0 spiro atoms. The first-order valence-corrected chi connectivity index (χ1v) is 8.23. The number of hydrogen-bond acceptors (Lipinski definition) is 3. The highest BCUT2D eigenvalue weighted by Crippen LogP contribution is 2.19. The van der Waals surface area contributed by atoms with Crippen LogP contribution in [-0.4, -0.2) is 16.2 Å². The highest BCUT2D eigenvalue weighted by molar-refractivity contribution is 6.31. The van der Waals surface area contributed by atoms with Crippen LogP contribution >= 0.6 is 11.6 Å². The second kappa shape index (κ2) is 7.58. The molecule has 134 valence electrons. The van der Waals surface area contributed by atoms with Crippen LogP contribution in [0.15, 0.2) is 64.4 Å². The maximum absolute atomic E-state index is 13.9. The van der Waals surface area contributed by atoms with Crippen molar-refractivity contribution in [3.63, 3.8) is 0 Å². The standard InChI is InChI=1S/C19H16ClFN2O3/c1-26-14-7-5-13(6-8-14)11-22-9-10-23(19(25)18(22)24)12-15-16(20)3-2-4-17(15)21/h2-10H,11-12H2,1H3. The zero-order chi connectivity index (χ0) is 18.7. The third-order valence-corrected chi connectivity index (χ3v) is 4.39. The molecule has 0 N–H and O–H groups in total. The van der Waals surface area contributed by atoms with Crippen LogP contribution in [0.5, 0.6) is 5.75 Å². The van der Waals surface area contributed by atoms with Crippen molar-refractivity contribution in [2.24, 2.45) is 0 Å². The quantitative estimate of drug-likeness (QED) is 0.645. The van der Waals surface area contributed by atoms with Crippen molar-refractivity contribution in [2.75, 3.05) is 7.11 Å². The molecule has 7 heteroatoms. The van der Waals surface area contributed by atoms with E-state index in [1.165, 1.54) is 35.2 Å². The smallest absolute Gasteiger partial charge is 0.316 e. The molecule has 1 heterocycles. The summed E-state index contributed by atoms with van der Waals surface area (Å²) < 4.78 is 21.5. The fraction of sp³-hybridized carbons (Fsp3) is 0.158. The van der Waals surface area contributed by atoms with Gasteiger partial charge in [0.1, 0.15) is 11.6 Å². The van der Waals surface area contributed by atoms with E-state index in [0.29, 0.717) is 5.75 Å². The van der Waals surface area contributed by atoms with Crippen LogP contribution in [0.25, 0.3) is 0 Å². The van der Waals surface area contributed by atoms with Crippen molar-refractivity contribution in [2.45, 2.75) is 13.1 Å². The third-order valence-electron chi connectivity index (χ3n) is 4.03. The molecule has 5 nitrogen and oxygen atoms in total. The summed E-state index contributed by atoms with van der Waals surface area (Å²) in [6, 6.07) is 11.5. The molecule has 3 rings (SSSR count). The number of rotatable bonds is 5. The van der Waals surface area contributed by atoms with Gasteiger partial charge in [-0.25, -0.2) is 4.39 Å². The lowest BCUT2D eigenvalue weighted by molar-refractivity contribution is 0.414. The van der Waals surface area contributed by atoms with E-state index in [1.807, 2.05) is 12.1 Å². The van der Waals surface area contributed by atoms with Gasteiger partial charge in [0.25, 0.3) is 0 Å². The first-order chi connectivity index (χ1) is 12.5. The summed E-state index contributed by atoms with van der Waals surface area (Å²) in [6.45, 7) is 0.141. The minimum absolute atomic E-state index is 0.108. The molecule has 26 heavy (non-hydrogen) atoms. The molecule has 0 bridgehead atoms. The van der Waals surface area contributed by atoms with Crippen molar-refractivity contribution in [1.82, 2.24) is 9.13 Å². The Morgan fingerprint density at radius 3 is 2.15 bits per heavy atom. The lowest BCUT2D eigenvalue weighted by atomic mass is 10.2. The SMILES string of the molecule is COc1ccc(Cn2ccn(Cc3c(F)cccc3Cl)c(=O)c2=O)cc1. The third kappa shape index (κ3) is 3.70. The zero-order valence-electron chi connectivity index (χ0n) is 14.0. The average Bonchev–Trinajstić information content (AvgIpc) is 2.64. The number of benzene rings is 2. The number of aromatic nitrogens is 2. The van der Waals surface area contributed by atoms with Gasteiger partial charge >= 0.3 is 11.1 Å². The fourth-order valence-corrected chi connectivity index (χ4v) is 2.80. The Hall–Kier alpha value is -2.86. The molecule has 0 radical (unpaired) electrons. The largest absolute Gasteiger partial charge is 0.497 e. The minimum atomic E-state index is -0.736. The van der Waals surface area contributed by atoms with Gasteiger partial charge in [-0.2, -0.15) is 0 Å². The summed E-state index contributed by atoms with van der Waals surface area (Å²) in [5, 5.41) is 0.208. The van der Waals surface area contributed by atoms with Crippen molar-refractivity contribution in [1.29, 1.82) is 0 Å². The monoisotopic (exact) mass is 374 g/mol. The molecule has 0 saturated carbocycles. The summed E-state index contributed by atoms with van der Waals surface area (Å²) >= 11 is 5.99. The van der Waals surface area contributed by atoms with E-state index in [-0.39, 0.29) is 23.7 Å². The van der Waals surface area contributed by atoms with E-state index in [4.69, 9.17) is 16.3 Å².